The number of nitrogens with one attached hydrogen (secondary N) is 1. The SMILES string of the molecule is C=N/C(=C(C#N)\C=C(/C)C(=O)NCCC(=O)OCC(C)C)S(C)(=O)=O. The molecule has 0 heterocycles. The van der Waals surface area contributed by atoms with Crippen LogP contribution in [0.25, 0.3) is 0 Å². The normalized spacial score (nSPS) is 12.9. The monoisotopic (exact) mass is 369 g/mol. The molecule has 1 amide bonds. The molecule has 0 aromatic rings. The number of allylic oxidation sites excluding steroid dienone is 2. The van der Waals surface area contributed by atoms with Gasteiger partial charge in [0.15, 0.2) is 14.9 Å². The predicted octanol–water partition coefficient (Wildman–Crippen LogP) is 1.12. The molecule has 0 aliphatic carbocycles. The van der Waals surface area contributed by atoms with Gasteiger partial charge in [-0.1, -0.05) is 13.8 Å². The van der Waals surface area contributed by atoms with Crippen molar-refractivity contribution in [3.05, 3.63) is 22.3 Å². The van der Waals surface area contributed by atoms with E-state index in [1.54, 1.807) is 6.07 Å². The molecule has 0 aromatic heterocycles. The zero-order chi connectivity index (χ0) is 19.6. The molecule has 0 atom stereocenters. The molecule has 0 aliphatic rings. The van der Waals surface area contributed by atoms with Crippen LogP contribution in [-0.2, 0) is 24.2 Å². The number of ether oxygens (including phenoxy) is 1. The Morgan fingerprint density at radius 2 is 2.00 bits per heavy atom. The van der Waals surface area contributed by atoms with E-state index in [1.807, 2.05) is 13.8 Å². The fourth-order valence-electron chi connectivity index (χ4n) is 1.58. The minimum atomic E-state index is -3.75. The van der Waals surface area contributed by atoms with Gasteiger partial charge in [0.1, 0.15) is 6.07 Å². The van der Waals surface area contributed by atoms with Crippen molar-refractivity contribution in [1.82, 2.24) is 5.32 Å². The van der Waals surface area contributed by atoms with Crippen LogP contribution in [0.1, 0.15) is 27.2 Å². The standard InChI is InChI=1S/C16H23N3O5S/c1-11(2)10-24-14(20)6-7-19-15(21)12(3)8-13(9-17)16(18-4)25(5,22)23/h8,11H,4,6-7,10H2,1-3,5H3,(H,19,21)/b12-8+,16-13-. The van der Waals surface area contributed by atoms with Crippen LogP contribution in [-0.4, -0.2) is 46.4 Å². The third-order valence-corrected chi connectivity index (χ3v) is 3.81. The minimum absolute atomic E-state index is 0.00941. The van der Waals surface area contributed by atoms with Crippen molar-refractivity contribution in [1.29, 1.82) is 5.26 Å². The molecule has 8 nitrogen and oxygen atoms in total. The quantitative estimate of drug-likeness (QED) is 0.213. The van der Waals surface area contributed by atoms with Crippen LogP contribution in [0, 0.1) is 17.2 Å². The van der Waals surface area contributed by atoms with Gasteiger partial charge in [0, 0.05) is 18.4 Å². The summed E-state index contributed by atoms with van der Waals surface area (Å²) in [5.74, 6) is -0.743. The number of hydrogen-bond donors (Lipinski definition) is 1. The van der Waals surface area contributed by atoms with E-state index in [2.05, 4.69) is 17.0 Å². The highest BCUT2D eigenvalue weighted by Gasteiger charge is 2.16. The van der Waals surface area contributed by atoms with Crippen molar-refractivity contribution in [3.8, 4) is 6.07 Å². The van der Waals surface area contributed by atoms with Crippen LogP contribution in [0.15, 0.2) is 27.2 Å². The molecule has 0 saturated heterocycles. The molecule has 0 rings (SSSR count). The maximum Gasteiger partial charge on any atom is 0.307 e. The van der Waals surface area contributed by atoms with E-state index < -0.39 is 26.7 Å². The molecule has 0 fully saturated rings. The Hall–Kier alpha value is -2.47. The first kappa shape index (κ1) is 22.5. The summed E-state index contributed by atoms with van der Waals surface area (Å²) >= 11 is 0. The summed E-state index contributed by atoms with van der Waals surface area (Å²) in [4.78, 5) is 26.7. The predicted molar refractivity (Wildman–Crippen MR) is 94.2 cm³/mol. The van der Waals surface area contributed by atoms with E-state index in [4.69, 9.17) is 10.00 Å². The lowest BCUT2D eigenvalue weighted by atomic mass is 10.2. The van der Waals surface area contributed by atoms with Gasteiger partial charge < -0.3 is 10.1 Å². The highest BCUT2D eigenvalue weighted by molar-refractivity contribution is 7.94. The van der Waals surface area contributed by atoms with E-state index in [-0.39, 0.29) is 30.0 Å². The van der Waals surface area contributed by atoms with E-state index in [9.17, 15) is 18.0 Å². The van der Waals surface area contributed by atoms with Crippen molar-refractivity contribution in [2.24, 2.45) is 10.9 Å². The van der Waals surface area contributed by atoms with Crippen LogP contribution >= 0.6 is 0 Å². The van der Waals surface area contributed by atoms with Gasteiger partial charge in [0.25, 0.3) is 0 Å². The molecule has 9 heteroatoms. The largest absolute Gasteiger partial charge is 0.465 e. The van der Waals surface area contributed by atoms with Crippen molar-refractivity contribution in [2.75, 3.05) is 19.4 Å². The van der Waals surface area contributed by atoms with Crippen LogP contribution in [0.2, 0.25) is 0 Å². The number of sulfone groups is 1. The lowest BCUT2D eigenvalue weighted by Gasteiger charge is -2.08. The Balaban J connectivity index is 4.91. The Bertz CT molecular complexity index is 727. The molecule has 0 bridgehead atoms. The average molecular weight is 369 g/mol. The number of nitrogens with zero attached hydrogens (tertiary/aromatic N) is 2. The second kappa shape index (κ2) is 10.4. The van der Waals surface area contributed by atoms with Crippen LogP contribution in [0.3, 0.4) is 0 Å². The van der Waals surface area contributed by atoms with Gasteiger partial charge in [-0.3, -0.25) is 14.6 Å². The molecular weight excluding hydrogens is 346 g/mol. The van der Waals surface area contributed by atoms with E-state index in [1.165, 1.54) is 6.92 Å². The van der Waals surface area contributed by atoms with Crippen LogP contribution in [0.5, 0.6) is 0 Å². The summed E-state index contributed by atoms with van der Waals surface area (Å²) < 4.78 is 28.1. The van der Waals surface area contributed by atoms with Crippen molar-refractivity contribution < 1.29 is 22.7 Å². The molecule has 0 radical (unpaired) electrons. The number of carbonyl (C=O) groups is 2. The van der Waals surface area contributed by atoms with Crippen molar-refractivity contribution >= 4 is 28.4 Å². The summed E-state index contributed by atoms with van der Waals surface area (Å²) in [6, 6.07) is 1.68. The highest BCUT2D eigenvalue weighted by atomic mass is 32.2. The van der Waals surface area contributed by atoms with Gasteiger partial charge in [0.2, 0.25) is 5.91 Å². The zero-order valence-electron chi connectivity index (χ0n) is 14.8. The smallest absolute Gasteiger partial charge is 0.307 e. The van der Waals surface area contributed by atoms with Crippen molar-refractivity contribution in [3.63, 3.8) is 0 Å². The first-order valence-electron chi connectivity index (χ1n) is 7.46. The Morgan fingerprint density at radius 1 is 1.40 bits per heavy atom. The lowest BCUT2D eigenvalue weighted by molar-refractivity contribution is -0.144. The van der Waals surface area contributed by atoms with Crippen LogP contribution < -0.4 is 5.32 Å². The summed E-state index contributed by atoms with van der Waals surface area (Å²) in [6.45, 7) is 8.73. The fraction of sp³-hybridized carbons (Fsp3) is 0.500. The number of carbonyl (C=O) groups excluding carboxylic acids is 2. The number of esters is 1. The van der Waals surface area contributed by atoms with E-state index in [0.29, 0.717) is 6.61 Å². The van der Waals surface area contributed by atoms with Gasteiger partial charge in [-0.05, 0) is 25.6 Å². The maximum atomic E-state index is 11.9. The number of hydrogen-bond acceptors (Lipinski definition) is 7. The number of rotatable bonds is 9. The molecule has 0 spiro atoms. The van der Waals surface area contributed by atoms with E-state index >= 15 is 0 Å². The number of aliphatic imine (C=N–C) groups is 1. The Kier molecular flexibility index (Phi) is 9.38. The first-order valence-corrected chi connectivity index (χ1v) is 9.35. The highest BCUT2D eigenvalue weighted by Crippen LogP contribution is 2.15. The second-order valence-corrected chi connectivity index (χ2v) is 7.60. The minimum Gasteiger partial charge on any atom is -0.465 e. The zero-order valence-corrected chi connectivity index (χ0v) is 15.6. The number of amides is 1. The maximum absolute atomic E-state index is 11.9. The third-order valence-electron chi connectivity index (χ3n) is 2.76. The molecule has 0 saturated carbocycles. The first-order chi connectivity index (χ1) is 11.5. The Labute approximate surface area is 148 Å². The van der Waals surface area contributed by atoms with Gasteiger partial charge in [-0.25, -0.2) is 8.42 Å². The van der Waals surface area contributed by atoms with E-state index in [0.717, 1.165) is 12.3 Å². The van der Waals surface area contributed by atoms with Gasteiger partial charge >= 0.3 is 5.97 Å². The molecule has 0 aliphatic heterocycles. The van der Waals surface area contributed by atoms with Crippen LogP contribution in [0.4, 0.5) is 0 Å². The fourth-order valence-corrected chi connectivity index (χ4v) is 2.31. The molecule has 25 heavy (non-hydrogen) atoms. The second-order valence-electron chi connectivity index (χ2n) is 5.67. The molecule has 138 valence electrons. The molecule has 0 aromatic carbocycles. The third kappa shape index (κ3) is 8.81. The molecule has 0 unspecified atom stereocenters. The molecular formula is C16H23N3O5S. The Morgan fingerprint density at radius 3 is 2.44 bits per heavy atom. The lowest BCUT2D eigenvalue weighted by Crippen LogP contribution is -2.27. The summed E-state index contributed by atoms with van der Waals surface area (Å²) in [5.41, 5.74) is -0.196. The van der Waals surface area contributed by atoms with Gasteiger partial charge in [-0.2, -0.15) is 5.26 Å². The average Bonchev–Trinajstić information content (AvgIpc) is 2.50. The van der Waals surface area contributed by atoms with Gasteiger partial charge in [-0.15, -0.1) is 0 Å². The molecule has 1 N–H and O–H groups in total. The summed E-state index contributed by atoms with van der Waals surface area (Å²) in [6.07, 6.45) is 2.01. The topological polar surface area (TPSA) is 126 Å². The van der Waals surface area contributed by atoms with Gasteiger partial charge in [0.05, 0.1) is 18.6 Å². The summed E-state index contributed by atoms with van der Waals surface area (Å²) in [5, 5.41) is 11.1. The number of nitriles is 1. The summed E-state index contributed by atoms with van der Waals surface area (Å²) in [7, 11) is -3.75. The van der Waals surface area contributed by atoms with Crippen molar-refractivity contribution in [2.45, 2.75) is 27.2 Å².